The van der Waals surface area contributed by atoms with Crippen LogP contribution >= 0.6 is 11.6 Å². The Hall–Kier alpha value is -3.39. The minimum absolute atomic E-state index is 0.0379. The van der Waals surface area contributed by atoms with Crippen LogP contribution in [-0.4, -0.2) is 23.0 Å². The Morgan fingerprint density at radius 3 is 2.86 bits per heavy atom. The lowest BCUT2D eigenvalue weighted by atomic mass is 10.2. The molecule has 0 spiro atoms. The standard InChI is InChI=1S/C20H18ClFN4O3/c1-2-28-18-9-13(10-23-25-16-11-24-26-20(27)19(16)21)7-8-17(18)29-12-14-5-3-4-6-15(14)22/h3-11H,2,12H2,1H3,(H2,25,26,27)/b23-10-. The van der Waals surface area contributed by atoms with Crippen LogP contribution in [0.15, 0.2) is 58.6 Å². The van der Waals surface area contributed by atoms with Crippen LogP contribution in [0.3, 0.4) is 0 Å². The summed E-state index contributed by atoms with van der Waals surface area (Å²) in [5.41, 5.74) is 3.60. The van der Waals surface area contributed by atoms with Crippen LogP contribution in [0.5, 0.6) is 11.5 Å². The number of aromatic nitrogens is 2. The van der Waals surface area contributed by atoms with Crippen molar-refractivity contribution in [3.05, 3.63) is 81.0 Å². The van der Waals surface area contributed by atoms with Gasteiger partial charge in [-0.15, -0.1) is 0 Å². The summed E-state index contributed by atoms with van der Waals surface area (Å²) in [6.07, 6.45) is 2.88. The topological polar surface area (TPSA) is 88.6 Å². The summed E-state index contributed by atoms with van der Waals surface area (Å²) in [4.78, 5) is 11.4. The number of H-pyrrole nitrogens is 1. The first-order valence-corrected chi connectivity index (χ1v) is 9.11. The Kier molecular flexibility index (Phi) is 6.80. The van der Waals surface area contributed by atoms with Crippen LogP contribution in [-0.2, 0) is 6.61 Å². The zero-order chi connectivity index (χ0) is 20.6. The van der Waals surface area contributed by atoms with Gasteiger partial charge in [0.25, 0.3) is 5.56 Å². The van der Waals surface area contributed by atoms with Gasteiger partial charge >= 0.3 is 0 Å². The number of halogens is 2. The zero-order valence-electron chi connectivity index (χ0n) is 15.5. The Morgan fingerprint density at radius 1 is 1.24 bits per heavy atom. The maximum Gasteiger partial charge on any atom is 0.285 e. The third-order valence-corrected chi connectivity index (χ3v) is 4.18. The van der Waals surface area contributed by atoms with Gasteiger partial charge in [-0.05, 0) is 36.8 Å². The highest BCUT2D eigenvalue weighted by atomic mass is 35.5. The highest BCUT2D eigenvalue weighted by Gasteiger charge is 2.08. The first-order chi connectivity index (χ1) is 14.1. The van der Waals surface area contributed by atoms with Crippen molar-refractivity contribution in [2.75, 3.05) is 12.0 Å². The average Bonchev–Trinajstić information content (AvgIpc) is 2.72. The molecule has 9 heteroatoms. The predicted octanol–water partition coefficient (Wildman–Crippen LogP) is 3.99. The normalized spacial score (nSPS) is 10.9. The molecule has 2 N–H and O–H groups in total. The van der Waals surface area contributed by atoms with Gasteiger partial charge < -0.3 is 9.47 Å². The van der Waals surface area contributed by atoms with E-state index in [-0.39, 0.29) is 23.1 Å². The van der Waals surface area contributed by atoms with Crippen molar-refractivity contribution in [3.8, 4) is 11.5 Å². The third-order valence-electron chi connectivity index (χ3n) is 3.80. The number of nitrogens with one attached hydrogen (secondary N) is 2. The fourth-order valence-corrected chi connectivity index (χ4v) is 2.53. The predicted molar refractivity (Wildman–Crippen MR) is 109 cm³/mol. The molecule has 0 aliphatic rings. The van der Waals surface area contributed by atoms with Crippen LogP contribution in [0, 0.1) is 5.82 Å². The van der Waals surface area contributed by atoms with E-state index in [0.29, 0.717) is 29.2 Å². The minimum Gasteiger partial charge on any atom is -0.490 e. The van der Waals surface area contributed by atoms with E-state index in [2.05, 4.69) is 20.7 Å². The van der Waals surface area contributed by atoms with E-state index < -0.39 is 5.56 Å². The Bertz CT molecular complexity index is 1070. The summed E-state index contributed by atoms with van der Waals surface area (Å²) in [6, 6.07) is 11.6. The molecule has 0 bridgehead atoms. The van der Waals surface area contributed by atoms with Crippen molar-refractivity contribution in [2.24, 2.45) is 5.10 Å². The smallest absolute Gasteiger partial charge is 0.285 e. The maximum atomic E-state index is 13.8. The number of benzene rings is 2. The number of aromatic amines is 1. The summed E-state index contributed by atoms with van der Waals surface area (Å²) < 4.78 is 25.1. The summed E-state index contributed by atoms with van der Waals surface area (Å²) in [6.45, 7) is 2.36. The molecule has 150 valence electrons. The van der Waals surface area contributed by atoms with Crippen molar-refractivity contribution in [1.29, 1.82) is 0 Å². The van der Waals surface area contributed by atoms with E-state index in [4.69, 9.17) is 21.1 Å². The monoisotopic (exact) mass is 416 g/mol. The Labute approximate surface area is 171 Å². The molecule has 7 nitrogen and oxygen atoms in total. The van der Waals surface area contributed by atoms with Crippen molar-refractivity contribution in [3.63, 3.8) is 0 Å². The Balaban J connectivity index is 1.72. The van der Waals surface area contributed by atoms with Gasteiger partial charge in [0.1, 0.15) is 23.1 Å². The van der Waals surface area contributed by atoms with E-state index in [1.807, 2.05) is 6.92 Å². The van der Waals surface area contributed by atoms with Crippen LogP contribution in [0.4, 0.5) is 10.1 Å². The van der Waals surface area contributed by atoms with Crippen LogP contribution in [0.25, 0.3) is 0 Å². The van der Waals surface area contributed by atoms with Crippen molar-refractivity contribution in [1.82, 2.24) is 10.2 Å². The quantitative estimate of drug-likeness (QED) is 0.428. The van der Waals surface area contributed by atoms with Crippen molar-refractivity contribution >= 4 is 23.5 Å². The molecule has 0 unspecified atom stereocenters. The largest absolute Gasteiger partial charge is 0.490 e. The second kappa shape index (κ2) is 9.70. The van der Waals surface area contributed by atoms with Crippen molar-refractivity contribution < 1.29 is 13.9 Å². The second-order valence-corrected chi connectivity index (χ2v) is 6.19. The number of hydrogen-bond donors (Lipinski definition) is 2. The number of ether oxygens (including phenoxy) is 2. The average molecular weight is 417 g/mol. The van der Waals surface area contributed by atoms with E-state index in [1.54, 1.807) is 36.4 Å². The van der Waals surface area contributed by atoms with Gasteiger partial charge in [-0.25, -0.2) is 9.49 Å². The van der Waals surface area contributed by atoms with Crippen LogP contribution in [0.1, 0.15) is 18.1 Å². The first-order valence-electron chi connectivity index (χ1n) is 8.73. The number of nitrogens with zero attached hydrogens (tertiary/aromatic N) is 2. The molecule has 29 heavy (non-hydrogen) atoms. The molecule has 0 amide bonds. The molecule has 3 rings (SSSR count). The summed E-state index contributed by atoms with van der Waals surface area (Å²) in [7, 11) is 0. The Morgan fingerprint density at radius 2 is 2.07 bits per heavy atom. The molecule has 0 saturated heterocycles. The number of hydrogen-bond acceptors (Lipinski definition) is 6. The molecular formula is C20H18ClFN4O3. The molecule has 0 saturated carbocycles. The molecule has 0 aliphatic carbocycles. The highest BCUT2D eigenvalue weighted by molar-refractivity contribution is 6.32. The molecule has 3 aromatic rings. The fourth-order valence-electron chi connectivity index (χ4n) is 2.40. The number of anilines is 1. The molecule has 0 radical (unpaired) electrons. The van der Waals surface area contributed by atoms with Crippen LogP contribution < -0.4 is 20.5 Å². The molecule has 1 aromatic heterocycles. The lowest BCUT2D eigenvalue weighted by molar-refractivity contribution is 0.266. The first kappa shape index (κ1) is 20.3. The lowest BCUT2D eigenvalue weighted by Gasteiger charge is -2.13. The van der Waals surface area contributed by atoms with E-state index in [0.717, 1.165) is 0 Å². The molecular weight excluding hydrogens is 399 g/mol. The van der Waals surface area contributed by atoms with Gasteiger partial charge in [0.2, 0.25) is 0 Å². The van der Waals surface area contributed by atoms with Gasteiger partial charge in [0.15, 0.2) is 11.5 Å². The summed E-state index contributed by atoms with van der Waals surface area (Å²) in [5, 5.41) is 9.88. The van der Waals surface area contributed by atoms with Gasteiger partial charge in [-0.3, -0.25) is 10.2 Å². The van der Waals surface area contributed by atoms with Crippen LogP contribution in [0.2, 0.25) is 5.02 Å². The van der Waals surface area contributed by atoms with Gasteiger partial charge in [-0.2, -0.15) is 10.2 Å². The van der Waals surface area contributed by atoms with Gasteiger partial charge in [0.05, 0.1) is 19.0 Å². The zero-order valence-corrected chi connectivity index (χ0v) is 16.2. The minimum atomic E-state index is -0.512. The highest BCUT2D eigenvalue weighted by Crippen LogP contribution is 2.29. The summed E-state index contributed by atoms with van der Waals surface area (Å²) in [5.74, 6) is 0.666. The molecule has 0 atom stereocenters. The fraction of sp³-hybridized carbons (Fsp3) is 0.150. The SMILES string of the molecule is CCOc1cc(/C=N\Nc2cn[nH]c(=O)c2Cl)ccc1OCc1ccccc1F. The molecule has 0 fully saturated rings. The molecule has 1 heterocycles. The number of rotatable bonds is 8. The summed E-state index contributed by atoms with van der Waals surface area (Å²) >= 11 is 5.88. The molecule has 0 aliphatic heterocycles. The van der Waals surface area contributed by atoms with Gasteiger partial charge in [-0.1, -0.05) is 29.8 Å². The van der Waals surface area contributed by atoms with E-state index >= 15 is 0 Å². The molecule has 2 aromatic carbocycles. The van der Waals surface area contributed by atoms with E-state index in [1.165, 1.54) is 18.5 Å². The third kappa shape index (κ3) is 5.32. The second-order valence-electron chi connectivity index (χ2n) is 5.82. The number of hydrazone groups is 1. The van der Waals surface area contributed by atoms with E-state index in [9.17, 15) is 9.18 Å². The lowest BCUT2D eigenvalue weighted by Crippen LogP contribution is -2.10. The maximum absolute atomic E-state index is 13.8. The van der Waals surface area contributed by atoms with Gasteiger partial charge in [0, 0.05) is 5.56 Å². The van der Waals surface area contributed by atoms with Crippen molar-refractivity contribution in [2.45, 2.75) is 13.5 Å².